The predicted octanol–water partition coefficient (Wildman–Crippen LogP) is 6.41. The van der Waals surface area contributed by atoms with Gasteiger partial charge in [-0.05, 0) is 63.3 Å². The Morgan fingerprint density at radius 2 is 1.74 bits per heavy atom. The summed E-state index contributed by atoms with van der Waals surface area (Å²) < 4.78 is 22.7. The van der Waals surface area contributed by atoms with Crippen molar-refractivity contribution in [2.24, 2.45) is 10.9 Å². The van der Waals surface area contributed by atoms with Crippen molar-refractivity contribution in [3.63, 3.8) is 0 Å². The van der Waals surface area contributed by atoms with E-state index >= 15 is 0 Å². The van der Waals surface area contributed by atoms with Crippen LogP contribution in [-0.4, -0.2) is 44.4 Å². The predicted molar refractivity (Wildman–Crippen MR) is 151 cm³/mol. The number of fused-ring (bicyclic) bond motifs is 1. The summed E-state index contributed by atoms with van der Waals surface area (Å²) in [5, 5.41) is 0. The first-order valence-corrected chi connectivity index (χ1v) is 13.7. The van der Waals surface area contributed by atoms with Crippen molar-refractivity contribution in [2.75, 3.05) is 20.8 Å². The van der Waals surface area contributed by atoms with Crippen molar-refractivity contribution >= 4 is 17.5 Å². The Morgan fingerprint density at radius 1 is 1.00 bits per heavy atom. The molecular formula is C32H39NO6. The van der Waals surface area contributed by atoms with Gasteiger partial charge in [0.25, 0.3) is 0 Å². The van der Waals surface area contributed by atoms with E-state index < -0.39 is 17.8 Å². The Morgan fingerprint density at radius 3 is 2.44 bits per heavy atom. The lowest BCUT2D eigenvalue weighted by Gasteiger charge is -2.38. The van der Waals surface area contributed by atoms with Crippen LogP contribution in [0.4, 0.5) is 0 Å². The van der Waals surface area contributed by atoms with Crippen molar-refractivity contribution < 1.29 is 28.5 Å². The normalized spacial score (nSPS) is 20.8. The van der Waals surface area contributed by atoms with Crippen LogP contribution in [0.2, 0.25) is 0 Å². The minimum atomic E-state index is -0.560. The number of para-hydroxylation sites is 1. The SMILES string of the molecule is CCCCOc1ccccc1[C@@H]1C(C(=O)OC(C)C)=C(C)N=C2C[C@H](c3ccc(OC)c(OC)c3)CC(=O)C21. The first-order valence-electron chi connectivity index (χ1n) is 13.7. The number of allylic oxidation sites excluding steroid dienone is 1. The van der Waals surface area contributed by atoms with Gasteiger partial charge in [-0.2, -0.15) is 0 Å². The van der Waals surface area contributed by atoms with Gasteiger partial charge in [0.05, 0.1) is 38.4 Å². The summed E-state index contributed by atoms with van der Waals surface area (Å²) in [6.45, 7) is 8.15. The number of methoxy groups -OCH3 is 2. The van der Waals surface area contributed by atoms with E-state index in [1.807, 2.05) is 63.2 Å². The maximum absolute atomic E-state index is 14.0. The van der Waals surface area contributed by atoms with Gasteiger partial charge in [-0.1, -0.05) is 37.6 Å². The number of rotatable bonds is 10. The van der Waals surface area contributed by atoms with Crippen molar-refractivity contribution in [1.82, 2.24) is 0 Å². The fraction of sp³-hybridized carbons (Fsp3) is 0.469. The molecular weight excluding hydrogens is 494 g/mol. The number of aliphatic imine (C=N–C) groups is 1. The standard InChI is InChI=1S/C32H39NO6/c1-7-8-15-38-26-12-10-9-11-23(26)30-29(32(35)39-19(2)3)20(4)33-24-16-22(17-25(34)31(24)30)21-13-14-27(36-5)28(18-21)37-6/h9-14,18-19,22,30-31H,7-8,15-17H2,1-6H3/t22-,30+,31?/m0/s1. The second kappa shape index (κ2) is 12.5. The van der Waals surface area contributed by atoms with Crippen molar-refractivity contribution in [3.8, 4) is 17.2 Å². The number of ketones is 1. The van der Waals surface area contributed by atoms with Crippen LogP contribution in [-0.2, 0) is 14.3 Å². The number of Topliss-reactive ketones (excluding diaryl/α,β-unsaturated/α-hetero) is 1. The number of hydrogen-bond acceptors (Lipinski definition) is 7. The molecule has 1 unspecified atom stereocenters. The molecule has 208 valence electrons. The van der Waals surface area contributed by atoms with Crippen LogP contribution in [0.15, 0.2) is 58.7 Å². The lowest BCUT2D eigenvalue weighted by Crippen LogP contribution is -2.41. The summed E-state index contributed by atoms with van der Waals surface area (Å²) in [5.74, 6) is 0.430. The van der Waals surface area contributed by atoms with Crippen LogP contribution in [0, 0.1) is 5.92 Å². The zero-order valence-electron chi connectivity index (χ0n) is 23.8. The minimum Gasteiger partial charge on any atom is -0.493 e. The number of hydrogen-bond donors (Lipinski definition) is 0. The molecule has 3 atom stereocenters. The zero-order chi connectivity index (χ0) is 28.1. The molecule has 2 aromatic rings. The van der Waals surface area contributed by atoms with E-state index in [0.717, 1.165) is 29.7 Å². The van der Waals surface area contributed by atoms with Gasteiger partial charge in [-0.25, -0.2) is 4.79 Å². The van der Waals surface area contributed by atoms with Gasteiger partial charge in [0, 0.05) is 29.3 Å². The molecule has 1 aliphatic heterocycles. The molecule has 7 heteroatoms. The Kier molecular flexibility index (Phi) is 9.10. The van der Waals surface area contributed by atoms with E-state index in [1.165, 1.54) is 0 Å². The van der Waals surface area contributed by atoms with Crippen LogP contribution in [0.1, 0.15) is 76.3 Å². The van der Waals surface area contributed by atoms with E-state index in [-0.39, 0.29) is 17.8 Å². The summed E-state index contributed by atoms with van der Waals surface area (Å²) in [5.41, 5.74) is 3.62. The fourth-order valence-corrected chi connectivity index (χ4v) is 5.59. The summed E-state index contributed by atoms with van der Waals surface area (Å²) in [6.07, 6.45) is 2.56. The van der Waals surface area contributed by atoms with Gasteiger partial charge in [-0.3, -0.25) is 9.79 Å². The Bertz CT molecular complexity index is 1280. The molecule has 1 saturated carbocycles. The van der Waals surface area contributed by atoms with Crippen LogP contribution in [0.5, 0.6) is 17.2 Å². The molecule has 0 spiro atoms. The maximum atomic E-state index is 14.0. The average molecular weight is 534 g/mol. The molecule has 0 aromatic heterocycles. The molecule has 1 heterocycles. The summed E-state index contributed by atoms with van der Waals surface area (Å²) >= 11 is 0. The molecule has 1 aliphatic carbocycles. The number of benzene rings is 2. The van der Waals surface area contributed by atoms with Crippen molar-refractivity contribution in [1.29, 1.82) is 0 Å². The first-order chi connectivity index (χ1) is 18.8. The highest BCUT2D eigenvalue weighted by Gasteiger charge is 2.47. The second-order valence-electron chi connectivity index (χ2n) is 10.4. The molecule has 0 amide bonds. The highest BCUT2D eigenvalue weighted by Crippen LogP contribution is 2.48. The number of unbranched alkanes of at least 4 members (excludes halogenated alkanes) is 1. The topological polar surface area (TPSA) is 83.4 Å². The van der Waals surface area contributed by atoms with Gasteiger partial charge in [0.1, 0.15) is 11.5 Å². The Labute approximate surface area is 231 Å². The maximum Gasteiger partial charge on any atom is 0.336 e. The summed E-state index contributed by atoms with van der Waals surface area (Å²) in [6, 6.07) is 13.5. The number of esters is 1. The lowest BCUT2D eigenvalue weighted by molar-refractivity contribution is -0.143. The molecule has 0 N–H and O–H groups in total. The van der Waals surface area contributed by atoms with Crippen LogP contribution in [0.25, 0.3) is 0 Å². The second-order valence-corrected chi connectivity index (χ2v) is 10.4. The van der Waals surface area contributed by atoms with Crippen LogP contribution >= 0.6 is 0 Å². The smallest absolute Gasteiger partial charge is 0.336 e. The molecule has 39 heavy (non-hydrogen) atoms. The van der Waals surface area contributed by atoms with E-state index in [4.69, 9.17) is 23.9 Å². The number of carbonyl (C=O) groups is 2. The molecule has 2 aromatic carbocycles. The van der Waals surface area contributed by atoms with E-state index in [1.54, 1.807) is 14.2 Å². The van der Waals surface area contributed by atoms with E-state index in [9.17, 15) is 9.59 Å². The van der Waals surface area contributed by atoms with E-state index in [0.29, 0.717) is 48.0 Å². The molecule has 1 fully saturated rings. The van der Waals surface area contributed by atoms with Gasteiger partial charge in [-0.15, -0.1) is 0 Å². The van der Waals surface area contributed by atoms with Crippen molar-refractivity contribution in [3.05, 3.63) is 64.9 Å². The third kappa shape index (κ3) is 6.02. The third-order valence-corrected chi connectivity index (χ3v) is 7.41. The molecule has 4 rings (SSSR count). The zero-order valence-corrected chi connectivity index (χ0v) is 23.8. The molecule has 0 radical (unpaired) electrons. The number of carbonyl (C=O) groups excluding carboxylic acids is 2. The van der Waals surface area contributed by atoms with Gasteiger partial charge in [0.2, 0.25) is 0 Å². The summed E-state index contributed by atoms with van der Waals surface area (Å²) in [4.78, 5) is 32.3. The van der Waals surface area contributed by atoms with Gasteiger partial charge >= 0.3 is 5.97 Å². The third-order valence-electron chi connectivity index (χ3n) is 7.41. The largest absolute Gasteiger partial charge is 0.493 e. The van der Waals surface area contributed by atoms with Crippen LogP contribution in [0.3, 0.4) is 0 Å². The molecule has 2 aliphatic rings. The molecule has 0 saturated heterocycles. The Balaban J connectivity index is 1.78. The fourth-order valence-electron chi connectivity index (χ4n) is 5.59. The van der Waals surface area contributed by atoms with Gasteiger partial charge in [0.15, 0.2) is 11.5 Å². The highest BCUT2D eigenvalue weighted by molar-refractivity contribution is 6.12. The van der Waals surface area contributed by atoms with Crippen molar-refractivity contribution in [2.45, 2.75) is 71.3 Å². The summed E-state index contributed by atoms with van der Waals surface area (Å²) in [7, 11) is 3.20. The van der Waals surface area contributed by atoms with E-state index in [2.05, 4.69) is 6.92 Å². The quantitative estimate of drug-likeness (QED) is 0.259. The molecule has 0 bridgehead atoms. The first kappa shape index (κ1) is 28.4. The Hall–Kier alpha value is -3.61. The minimum absolute atomic E-state index is 0.0514. The van der Waals surface area contributed by atoms with Gasteiger partial charge < -0.3 is 18.9 Å². The lowest BCUT2D eigenvalue weighted by atomic mass is 9.66. The average Bonchev–Trinajstić information content (AvgIpc) is 2.91. The number of nitrogens with zero attached hydrogens (tertiary/aromatic N) is 1. The number of ether oxygens (including phenoxy) is 4. The monoisotopic (exact) mass is 533 g/mol. The van der Waals surface area contributed by atoms with Crippen LogP contribution < -0.4 is 14.2 Å². The molecule has 7 nitrogen and oxygen atoms in total. The highest BCUT2D eigenvalue weighted by atomic mass is 16.5.